The predicted molar refractivity (Wildman–Crippen MR) is 65.9 cm³/mol. The summed E-state index contributed by atoms with van der Waals surface area (Å²) >= 11 is 0. The van der Waals surface area contributed by atoms with Crippen LogP contribution >= 0.6 is 0 Å². The molecule has 0 unspecified atom stereocenters. The molecule has 2 rings (SSSR count). The van der Waals surface area contributed by atoms with E-state index < -0.39 is 0 Å². The zero-order chi connectivity index (χ0) is 12.3. The first-order valence-corrected chi connectivity index (χ1v) is 6.01. The van der Waals surface area contributed by atoms with Crippen LogP contribution in [0.1, 0.15) is 43.1 Å². The van der Waals surface area contributed by atoms with Crippen LogP contribution in [0, 0.1) is 0 Å². The number of amides is 1. The lowest BCUT2D eigenvalue weighted by Crippen LogP contribution is -2.53. The summed E-state index contributed by atoms with van der Waals surface area (Å²) in [7, 11) is 1.77. The fourth-order valence-corrected chi connectivity index (χ4v) is 2.05. The quantitative estimate of drug-likeness (QED) is 0.830. The van der Waals surface area contributed by atoms with E-state index >= 15 is 0 Å². The first kappa shape index (κ1) is 11.8. The monoisotopic (exact) mass is 234 g/mol. The largest absolute Gasteiger partial charge is 0.372 e. The van der Waals surface area contributed by atoms with E-state index in [0.29, 0.717) is 11.5 Å². The maximum absolute atomic E-state index is 12.0. The van der Waals surface area contributed by atoms with Crippen molar-refractivity contribution < 1.29 is 4.79 Å². The fraction of sp³-hybridized carbons (Fsp3) is 0.583. The number of nitrogens with zero attached hydrogens (tertiary/aromatic N) is 2. The highest BCUT2D eigenvalue weighted by molar-refractivity contribution is 5.92. The number of anilines is 1. The smallest absolute Gasteiger partial charge is 0.271 e. The summed E-state index contributed by atoms with van der Waals surface area (Å²) < 4.78 is 0. The third-order valence-corrected chi connectivity index (χ3v) is 3.51. The summed E-state index contributed by atoms with van der Waals surface area (Å²) in [5, 5.41) is 5.94. The molecule has 1 heterocycles. The zero-order valence-corrected chi connectivity index (χ0v) is 10.3. The van der Waals surface area contributed by atoms with Crippen LogP contribution in [-0.4, -0.2) is 28.5 Å². The molecule has 1 aromatic rings. The number of hydrogen-bond acceptors (Lipinski definition) is 4. The highest BCUT2D eigenvalue weighted by atomic mass is 16.2. The Morgan fingerprint density at radius 2 is 2.18 bits per heavy atom. The summed E-state index contributed by atoms with van der Waals surface area (Å²) in [6.45, 7) is 2.11. The van der Waals surface area contributed by atoms with Gasteiger partial charge in [-0.2, -0.15) is 0 Å². The van der Waals surface area contributed by atoms with Crippen LogP contribution in [0.3, 0.4) is 0 Å². The lowest BCUT2D eigenvalue weighted by Gasteiger charge is -2.41. The van der Waals surface area contributed by atoms with Crippen LogP contribution in [0.2, 0.25) is 0 Å². The van der Waals surface area contributed by atoms with Crippen LogP contribution in [0.4, 0.5) is 5.82 Å². The van der Waals surface area contributed by atoms with Crippen LogP contribution in [0.15, 0.2) is 12.4 Å². The summed E-state index contributed by atoms with van der Waals surface area (Å²) in [5.74, 6) is 0.539. The summed E-state index contributed by atoms with van der Waals surface area (Å²) in [6, 6.07) is 0. The first-order chi connectivity index (χ1) is 8.19. The minimum absolute atomic E-state index is 0.000438. The number of carbonyl (C=O) groups excluding carboxylic acids is 1. The second-order valence-corrected chi connectivity index (χ2v) is 4.48. The minimum Gasteiger partial charge on any atom is -0.372 e. The van der Waals surface area contributed by atoms with Gasteiger partial charge in [0.2, 0.25) is 0 Å². The highest BCUT2D eigenvalue weighted by Gasteiger charge is 2.36. The van der Waals surface area contributed by atoms with Crippen molar-refractivity contribution >= 4 is 11.7 Å². The summed E-state index contributed by atoms with van der Waals surface area (Å²) in [5.41, 5.74) is 0.379. The molecule has 92 valence electrons. The molecule has 2 N–H and O–H groups in total. The molecule has 1 aliphatic rings. The van der Waals surface area contributed by atoms with Crippen molar-refractivity contribution in [3.8, 4) is 0 Å². The maximum atomic E-state index is 12.0. The Kier molecular flexibility index (Phi) is 3.26. The molecule has 1 amide bonds. The predicted octanol–water partition coefficient (Wildman–Crippen LogP) is 1.58. The average Bonchev–Trinajstić information content (AvgIpc) is 2.33. The fourth-order valence-electron chi connectivity index (χ4n) is 2.05. The molecule has 5 nitrogen and oxygen atoms in total. The normalized spacial score (nSPS) is 17.1. The van der Waals surface area contributed by atoms with Crippen molar-refractivity contribution in [3.63, 3.8) is 0 Å². The number of aromatic nitrogens is 2. The van der Waals surface area contributed by atoms with Crippen molar-refractivity contribution in [3.05, 3.63) is 18.1 Å². The van der Waals surface area contributed by atoms with E-state index in [4.69, 9.17) is 0 Å². The Morgan fingerprint density at radius 1 is 1.41 bits per heavy atom. The van der Waals surface area contributed by atoms with Crippen LogP contribution in [0.5, 0.6) is 0 Å². The topological polar surface area (TPSA) is 66.9 Å². The molecule has 0 aliphatic heterocycles. The van der Waals surface area contributed by atoms with Gasteiger partial charge in [-0.05, 0) is 25.7 Å². The van der Waals surface area contributed by atoms with Crippen LogP contribution < -0.4 is 10.6 Å². The molecule has 0 spiro atoms. The van der Waals surface area contributed by atoms with Gasteiger partial charge in [-0.3, -0.25) is 4.79 Å². The number of nitrogens with one attached hydrogen (secondary N) is 2. The second-order valence-electron chi connectivity index (χ2n) is 4.48. The first-order valence-electron chi connectivity index (χ1n) is 6.01. The van der Waals surface area contributed by atoms with Gasteiger partial charge in [0, 0.05) is 12.6 Å². The maximum Gasteiger partial charge on any atom is 0.271 e. The third-order valence-electron chi connectivity index (χ3n) is 3.51. The van der Waals surface area contributed by atoms with Crippen molar-refractivity contribution in [2.45, 2.75) is 38.1 Å². The van der Waals surface area contributed by atoms with Gasteiger partial charge in [0.05, 0.1) is 12.4 Å². The SMILES string of the molecule is CCC1(NC(=O)c2cnc(NC)cn2)CCC1. The van der Waals surface area contributed by atoms with Gasteiger partial charge < -0.3 is 10.6 Å². The summed E-state index contributed by atoms with van der Waals surface area (Å²) in [6.07, 6.45) is 7.37. The number of hydrogen-bond donors (Lipinski definition) is 2. The van der Waals surface area contributed by atoms with E-state index in [1.807, 2.05) is 0 Å². The Bertz CT molecular complexity index is 392. The highest BCUT2D eigenvalue weighted by Crippen LogP contribution is 2.34. The molecular weight excluding hydrogens is 216 g/mol. The molecule has 0 atom stereocenters. The van der Waals surface area contributed by atoms with Gasteiger partial charge in [-0.25, -0.2) is 9.97 Å². The standard InChI is InChI=1S/C12H18N4O/c1-3-12(5-4-6-12)16-11(17)9-7-15-10(13-2)8-14-9/h7-8H,3-6H2,1-2H3,(H,13,15)(H,16,17). The van der Waals surface area contributed by atoms with E-state index in [9.17, 15) is 4.79 Å². The molecule has 1 fully saturated rings. The second kappa shape index (κ2) is 4.69. The lowest BCUT2D eigenvalue weighted by molar-refractivity contribution is 0.0815. The molecule has 0 radical (unpaired) electrons. The van der Waals surface area contributed by atoms with Crippen LogP contribution in [-0.2, 0) is 0 Å². The molecule has 1 aliphatic carbocycles. The van der Waals surface area contributed by atoms with Gasteiger partial charge in [0.1, 0.15) is 11.5 Å². The van der Waals surface area contributed by atoms with Gasteiger partial charge in [0.15, 0.2) is 0 Å². The zero-order valence-electron chi connectivity index (χ0n) is 10.3. The van der Waals surface area contributed by atoms with Gasteiger partial charge in [-0.15, -0.1) is 0 Å². The van der Waals surface area contributed by atoms with E-state index in [1.54, 1.807) is 13.2 Å². The third kappa shape index (κ3) is 2.38. The van der Waals surface area contributed by atoms with Crippen LogP contribution in [0.25, 0.3) is 0 Å². The van der Waals surface area contributed by atoms with Crippen molar-refractivity contribution in [2.24, 2.45) is 0 Å². The molecule has 0 saturated heterocycles. The lowest BCUT2D eigenvalue weighted by atomic mass is 9.75. The number of carbonyl (C=O) groups is 1. The van der Waals surface area contributed by atoms with E-state index in [2.05, 4.69) is 27.5 Å². The Morgan fingerprint density at radius 3 is 2.59 bits per heavy atom. The Hall–Kier alpha value is -1.65. The number of rotatable bonds is 4. The minimum atomic E-state index is -0.123. The molecular formula is C12H18N4O. The van der Waals surface area contributed by atoms with E-state index in [0.717, 1.165) is 19.3 Å². The van der Waals surface area contributed by atoms with Crippen molar-refractivity contribution in [2.75, 3.05) is 12.4 Å². The molecule has 0 bridgehead atoms. The Labute approximate surface area is 101 Å². The molecule has 1 aromatic heterocycles. The Balaban J connectivity index is 2.03. The molecule has 17 heavy (non-hydrogen) atoms. The van der Waals surface area contributed by atoms with E-state index in [1.165, 1.54) is 12.6 Å². The van der Waals surface area contributed by atoms with Crippen molar-refractivity contribution in [1.29, 1.82) is 0 Å². The average molecular weight is 234 g/mol. The van der Waals surface area contributed by atoms with Gasteiger partial charge >= 0.3 is 0 Å². The van der Waals surface area contributed by atoms with Gasteiger partial charge in [-0.1, -0.05) is 6.92 Å². The summed E-state index contributed by atoms with van der Waals surface area (Å²) in [4.78, 5) is 20.2. The molecule has 5 heteroatoms. The van der Waals surface area contributed by atoms with Gasteiger partial charge in [0.25, 0.3) is 5.91 Å². The molecule has 1 saturated carbocycles. The molecule has 0 aromatic carbocycles. The van der Waals surface area contributed by atoms with E-state index in [-0.39, 0.29) is 11.4 Å². The van der Waals surface area contributed by atoms with Crippen molar-refractivity contribution in [1.82, 2.24) is 15.3 Å².